The Morgan fingerprint density at radius 1 is 1.18 bits per heavy atom. The molecule has 1 aromatic carbocycles. The number of carbonyl (C=O) groups excluding carboxylic acids is 1. The highest BCUT2D eigenvalue weighted by Gasteiger charge is 2.22. The van der Waals surface area contributed by atoms with Gasteiger partial charge in [-0.05, 0) is 37.4 Å². The van der Waals surface area contributed by atoms with E-state index in [-0.39, 0.29) is 12.3 Å². The fourth-order valence-electron chi connectivity index (χ4n) is 3.70. The van der Waals surface area contributed by atoms with Crippen LogP contribution in [0.25, 0.3) is 0 Å². The van der Waals surface area contributed by atoms with E-state index in [4.69, 9.17) is 0 Å². The van der Waals surface area contributed by atoms with E-state index in [1.165, 1.54) is 18.8 Å². The molecule has 28 heavy (non-hydrogen) atoms. The summed E-state index contributed by atoms with van der Waals surface area (Å²) in [6.07, 6.45) is 3.47. The molecule has 1 aliphatic heterocycles. The van der Waals surface area contributed by atoms with E-state index in [2.05, 4.69) is 34.1 Å². The van der Waals surface area contributed by atoms with Gasteiger partial charge >= 0.3 is 5.69 Å². The average molecular weight is 384 g/mol. The van der Waals surface area contributed by atoms with Crippen LogP contribution in [0.15, 0.2) is 46.1 Å². The molecular formula is C21H28N4O3. The van der Waals surface area contributed by atoms with Gasteiger partial charge in [-0.1, -0.05) is 30.3 Å². The van der Waals surface area contributed by atoms with E-state index in [0.717, 1.165) is 37.0 Å². The van der Waals surface area contributed by atoms with Crippen molar-refractivity contribution in [2.75, 3.05) is 26.7 Å². The third kappa shape index (κ3) is 4.98. The van der Waals surface area contributed by atoms with Crippen LogP contribution in [0.3, 0.4) is 0 Å². The van der Waals surface area contributed by atoms with E-state index >= 15 is 0 Å². The number of likely N-dealkylation sites (N-methyl/N-ethyl adjacent to an activating group) is 1. The van der Waals surface area contributed by atoms with Gasteiger partial charge in [0.2, 0.25) is 5.91 Å². The Morgan fingerprint density at radius 3 is 2.54 bits per heavy atom. The van der Waals surface area contributed by atoms with Crippen LogP contribution in [0, 0.1) is 5.92 Å². The molecule has 1 fully saturated rings. The maximum atomic E-state index is 12.5. The van der Waals surface area contributed by atoms with Crippen molar-refractivity contribution >= 4 is 5.91 Å². The van der Waals surface area contributed by atoms with Gasteiger partial charge in [0.25, 0.3) is 5.56 Å². The van der Waals surface area contributed by atoms with Crippen molar-refractivity contribution < 1.29 is 4.79 Å². The van der Waals surface area contributed by atoms with Gasteiger partial charge in [-0.3, -0.25) is 19.1 Å². The molecule has 0 spiro atoms. The van der Waals surface area contributed by atoms with Crippen LogP contribution < -0.4 is 11.2 Å². The number of aromatic nitrogens is 2. The van der Waals surface area contributed by atoms with E-state index in [1.54, 1.807) is 11.9 Å². The first-order chi connectivity index (χ1) is 13.4. The molecule has 0 atom stereocenters. The minimum Gasteiger partial charge on any atom is -0.345 e. The highest BCUT2D eigenvalue weighted by atomic mass is 16.2. The maximum absolute atomic E-state index is 12.5. The summed E-state index contributed by atoms with van der Waals surface area (Å²) in [6.45, 7) is 3.73. The summed E-state index contributed by atoms with van der Waals surface area (Å²) >= 11 is 0. The summed E-state index contributed by atoms with van der Waals surface area (Å²) in [6, 6.07) is 10.5. The minimum absolute atomic E-state index is 0.00675. The summed E-state index contributed by atoms with van der Waals surface area (Å²) in [5.41, 5.74) is 0.754. The van der Waals surface area contributed by atoms with E-state index in [0.29, 0.717) is 18.0 Å². The minimum atomic E-state index is -0.475. The van der Waals surface area contributed by atoms with Crippen molar-refractivity contribution in [2.24, 2.45) is 13.0 Å². The van der Waals surface area contributed by atoms with Crippen LogP contribution in [0.5, 0.6) is 0 Å². The van der Waals surface area contributed by atoms with Gasteiger partial charge in [-0.25, -0.2) is 4.79 Å². The van der Waals surface area contributed by atoms with Crippen LogP contribution in [0.2, 0.25) is 0 Å². The van der Waals surface area contributed by atoms with Gasteiger partial charge in [0, 0.05) is 38.9 Å². The third-order valence-electron chi connectivity index (χ3n) is 5.51. The van der Waals surface area contributed by atoms with Gasteiger partial charge in [0.15, 0.2) is 0 Å². The largest absolute Gasteiger partial charge is 0.345 e. The Bertz CT molecular complexity index is 911. The molecule has 7 nitrogen and oxygen atoms in total. The SMILES string of the molecule is CN(CC1CCN(Cc2ccccc2)CC1)C(=O)Cc1c[nH]c(=O)n(C)c1=O. The van der Waals surface area contributed by atoms with E-state index in [9.17, 15) is 14.4 Å². The zero-order valence-electron chi connectivity index (χ0n) is 16.6. The first-order valence-corrected chi connectivity index (χ1v) is 9.72. The number of nitrogens with one attached hydrogen (secondary N) is 1. The maximum Gasteiger partial charge on any atom is 0.328 e. The Kier molecular flexibility index (Phi) is 6.46. The van der Waals surface area contributed by atoms with Crippen molar-refractivity contribution in [2.45, 2.75) is 25.8 Å². The van der Waals surface area contributed by atoms with Crippen LogP contribution in [-0.2, 0) is 24.8 Å². The summed E-state index contributed by atoms with van der Waals surface area (Å²) in [7, 11) is 3.19. The van der Waals surface area contributed by atoms with Crippen LogP contribution in [0.4, 0.5) is 0 Å². The number of aromatic amines is 1. The second-order valence-electron chi connectivity index (χ2n) is 7.64. The summed E-state index contributed by atoms with van der Waals surface area (Å²) in [5, 5.41) is 0. The smallest absolute Gasteiger partial charge is 0.328 e. The Balaban J connectivity index is 1.48. The number of hydrogen-bond acceptors (Lipinski definition) is 4. The molecule has 150 valence electrons. The van der Waals surface area contributed by atoms with Gasteiger partial charge in [0.05, 0.1) is 6.42 Å². The predicted molar refractivity (Wildman–Crippen MR) is 108 cm³/mol. The molecule has 3 rings (SSSR count). The molecule has 0 aliphatic carbocycles. The summed E-state index contributed by atoms with van der Waals surface area (Å²) in [5.74, 6) is 0.371. The molecule has 1 N–H and O–H groups in total. The molecule has 0 saturated carbocycles. The van der Waals surface area contributed by atoms with Crippen molar-refractivity contribution in [1.29, 1.82) is 0 Å². The molecule has 0 radical (unpaired) electrons. The Hall–Kier alpha value is -2.67. The second kappa shape index (κ2) is 9.01. The first kappa shape index (κ1) is 20.1. The van der Waals surface area contributed by atoms with E-state index in [1.807, 2.05) is 6.07 Å². The zero-order valence-corrected chi connectivity index (χ0v) is 16.6. The third-order valence-corrected chi connectivity index (χ3v) is 5.51. The molecule has 1 amide bonds. The number of likely N-dealkylation sites (tertiary alicyclic amines) is 1. The van der Waals surface area contributed by atoms with Crippen LogP contribution >= 0.6 is 0 Å². The number of H-pyrrole nitrogens is 1. The lowest BCUT2D eigenvalue weighted by molar-refractivity contribution is -0.130. The molecular weight excluding hydrogens is 356 g/mol. The monoisotopic (exact) mass is 384 g/mol. The number of carbonyl (C=O) groups is 1. The van der Waals surface area contributed by atoms with Gasteiger partial charge in [0.1, 0.15) is 0 Å². The number of amides is 1. The molecule has 0 bridgehead atoms. The van der Waals surface area contributed by atoms with Crippen molar-refractivity contribution in [3.63, 3.8) is 0 Å². The molecule has 0 unspecified atom stereocenters. The molecule has 1 aromatic heterocycles. The second-order valence-corrected chi connectivity index (χ2v) is 7.64. The normalized spacial score (nSPS) is 15.5. The van der Waals surface area contributed by atoms with E-state index < -0.39 is 11.2 Å². The molecule has 1 aliphatic rings. The molecule has 7 heteroatoms. The van der Waals surface area contributed by atoms with Crippen LogP contribution in [-0.4, -0.2) is 51.9 Å². The van der Waals surface area contributed by atoms with Gasteiger partial charge in [-0.2, -0.15) is 0 Å². The zero-order chi connectivity index (χ0) is 20.1. The summed E-state index contributed by atoms with van der Waals surface area (Å²) < 4.78 is 0.991. The predicted octanol–water partition coefficient (Wildman–Crippen LogP) is 0.987. The standard InChI is InChI=1S/C21H28N4O3/c1-23(19(26)12-18-13-22-21(28)24(2)20(18)27)14-17-8-10-25(11-9-17)15-16-6-4-3-5-7-16/h3-7,13,17H,8-12,14-15H2,1-2H3,(H,22,28). The highest BCUT2D eigenvalue weighted by molar-refractivity contribution is 5.78. The van der Waals surface area contributed by atoms with Crippen molar-refractivity contribution in [3.05, 3.63) is 68.5 Å². The molecule has 2 aromatic rings. The quantitative estimate of drug-likeness (QED) is 0.806. The van der Waals surface area contributed by atoms with Crippen molar-refractivity contribution in [1.82, 2.24) is 19.4 Å². The molecule has 1 saturated heterocycles. The number of benzene rings is 1. The number of rotatable bonds is 6. The fraction of sp³-hybridized carbons (Fsp3) is 0.476. The number of nitrogens with zero attached hydrogens (tertiary/aromatic N) is 3. The number of hydrogen-bond donors (Lipinski definition) is 1. The lowest BCUT2D eigenvalue weighted by atomic mass is 9.95. The first-order valence-electron chi connectivity index (χ1n) is 9.72. The lowest BCUT2D eigenvalue weighted by Crippen LogP contribution is -2.40. The lowest BCUT2D eigenvalue weighted by Gasteiger charge is -2.34. The van der Waals surface area contributed by atoms with Crippen molar-refractivity contribution in [3.8, 4) is 0 Å². The Morgan fingerprint density at radius 2 is 1.86 bits per heavy atom. The van der Waals surface area contributed by atoms with Gasteiger partial charge in [-0.15, -0.1) is 0 Å². The Labute approximate surface area is 164 Å². The highest BCUT2D eigenvalue weighted by Crippen LogP contribution is 2.20. The topological polar surface area (TPSA) is 78.4 Å². The van der Waals surface area contributed by atoms with Gasteiger partial charge < -0.3 is 9.88 Å². The van der Waals surface area contributed by atoms with Crippen LogP contribution in [0.1, 0.15) is 24.0 Å². The molecule has 2 heterocycles. The number of piperidine rings is 1. The average Bonchev–Trinajstić information content (AvgIpc) is 2.70. The summed E-state index contributed by atoms with van der Waals surface area (Å²) in [4.78, 5) is 42.7. The fourth-order valence-corrected chi connectivity index (χ4v) is 3.70.